The molecule has 0 radical (unpaired) electrons. The number of carbonyl (C=O) groups excluding carboxylic acids is 1. The fraction of sp³-hybridized carbons (Fsp3) is 0.263. The van der Waals surface area contributed by atoms with Gasteiger partial charge in [-0.15, -0.1) is 5.10 Å². The number of rotatable bonds is 7. The van der Waals surface area contributed by atoms with Crippen molar-refractivity contribution in [3.8, 4) is 5.69 Å². The smallest absolute Gasteiger partial charge is 0.255 e. The van der Waals surface area contributed by atoms with E-state index in [2.05, 4.69) is 25.6 Å². The molecule has 2 N–H and O–H groups in total. The summed E-state index contributed by atoms with van der Waals surface area (Å²) in [5.74, 6) is -0.310. The molecule has 0 bridgehead atoms. The van der Waals surface area contributed by atoms with Crippen LogP contribution in [0.5, 0.6) is 0 Å². The number of aryl methyl sites for hydroxylation is 1. The number of hydrogen-bond donors (Lipinski definition) is 2. The predicted octanol–water partition coefficient (Wildman–Crippen LogP) is 2.05. The molecule has 156 valence electrons. The molecule has 1 saturated carbocycles. The summed E-state index contributed by atoms with van der Waals surface area (Å²) in [5, 5.41) is 13.6. The number of aromatic nitrogens is 4. The van der Waals surface area contributed by atoms with Crippen LogP contribution >= 0.6 is 0 Å². The Morgan fingerprint density at radius 3 is 2.73 bits per heavy atom. The molecule has 9 nitrogen and oxygen atoms in total. The number of amides is 1. The fourth-order valence-electron chi connectivity index (χ4n) is 2.85. The summed E-state index contributed by atoms with van der Waals surface area (Å²) < 4.78 is 42.8. The normalized spacial score (nSPS) is 13.9. The fourth-order valence-corrected chi connectivity index (χ4v) is 4.01. The van der Waals surface area contributed by atoms with Gasteiger partial charge in [0.2, 0.25) is 10.0 Å². The van der Waals surface area contributed by atoms with E-state index in [0.717, 1.165) is 12.8 Å². The van der Waals surface area contributed by atoms with Crippen molar-refractivity contribution in [3.05, 3.63) is 59.7 Å². The van der Waals surface area contributed by atoms with Gasteiger partial charge in [0.25, 0.3) is 5.91 Å². The second-order valence-electron chi connectivity index (χ2n) is 7.08. The monoisotopic (exact) mass is 430 g/mol. The lowest BCUT2D eigenvalue weighted by molar-refractivity contribution is 0.102. The van der Waals surface area contributed by atoms with Gasteiger partial charge in [-0.05, 0) is 72.5 Å². The molecule has 0 unspecified atom stereocenters. The lowest BCUT2D eigenvalue weighted by Crippen LogP contribution is -2.26. The highest BCUT2D eigenvalue weighted by atomic mass is 32.2. The Morgan fingerprint density at radius 1 is 1.23 bits per heavy atom. The highest BCUT2D eigenvalue weighted by Gasteiger charge is 2.24. The summed E-state index contributed by atoms with van der Waals surface area (Å²) in [6.07, 6.45) is 2.05. The van der Waals surface area contributed by atoms with Crippen molar-refractivity contribution in [3.63, 3.8) is 0 Å². The van der Waals surface area contributed by atoms with Crippen LogP contribution in [0.15, 0.2) is 47.4 Å². The van der Waals surface area contributed by atoms with Gasteiger partial charge >= 0.3 is 0 Å². The molecule has 0 spiro atoms. The van der Waals surface area contributed by atoms with Gasteiger partial charge in [-0.25, -0.2) is 17.5 Å². The van der Waals surface area contributed by atoms with Crippen LogP contribution in [-0.2, 0) is 10.0 Å². The summed E-state index contributed by atoms with van der Waals surface area (Å²) in [6, 6.07) is 9.73. The maximum absolute atomic E-state index is 14.2. The minimum Gasteiger partial charge on any atom is -0.322 e. The van der Waals surface area contributed by atoms with Crippen molar-refractivity contribution in [2.75, 3.05) is 11.9 Å². The number of halogens is 1. The maximum Gasteiger partial charge on any atom is 0.255 e. The largest absolute Gasteiger partial charge is 0.322 e. The van der Waals surface area contributed by atoms with Crippen molar-refractivity contribution in [1.29, 1.82) is 0 Å². The second kappa shape index (κ2) is 7.92. The van der Waals surface area contributed by atoms with E-state index in [1.807, 2.05) is 0 Å². The molecule has 1 fully saturated rings. The third-order valence-corrected chi connectivity index (χ3v) is 6.14. The quantitative estimate of drug-likeness (QED) is 0.592. The van der Waals surface area contributed by atoms with Crippen LogP contribution in [0.4, 0.5) is 10.1 Å². The highest BCUT2D eigenvalue weighted by molar-refractivity contribution is 7.89. The Kier molecular flexibility index (Phi) is 5.31. The van der Waals surface area contributed by atoms with Crippen molar-refractivity contribution >= 4 is 21.6 Å². The molecule has 11 heteroatoms. The van der Waals surface area contributed by atoms with E-state index >= 15 is 0 Å². The number of sulfonamides is 1. The minimum atomic E-state index is -3.70. The van der Waals surface area contributed by atoms with Gasteiger partial charge in [-0.3, -0.25) is 4.79 Å². The van der Waals surface area contributed by atoms with Gasteiger partial charge in [0.15, 0.2) is 5.82 Å². The number of nitrogens with one attached hydrogen (secondary N) is 2. The Labute approximate surface area is 172 Å². The molecule has 1 aliphatic rings. The highest BCUT2D eigenvalue weighted by Crippen LogP contribution is 2.28. The molecule has 1 aromatic heterocycles. The average molecular weight is 430 g/mol. The SMILES string of the molecule is Cc1nnnn1-c1cc(NC(=O)c2cccc(S(=O)(=O)NCC3CC3)c2)ccc1F. The molecular weight excluding hydrogens is 411 g/mol. The Balaban J connectivity index is 1.54. The summed E-state index contributed by atoms with van der Waals surface area (Å²) in [6.45, 7) is 2.02. The Bertz CT molecular complexity index is 1210. The summed E-state index contributed by atoms with van der Waals surface area (Å²) >= 11 is 0. The first-order valence-electron chi connectivity index (χ1n) is 9.29. The van der Waals surface area contributed by atoms with E-state index in [0.29, 0.717) is 24.0 Å². The van der Waals surface area contributed by atoms with Gasteiger partial charge in [0.05, 0.1) is 4.90 Å². The van der Waals surface area contributed by atoms with E-state index in [-0.39, 0.29) is 16.1 Å². The molecule has 4 rings (SSSR count). The maximum atomic E-state index is 14.2. The molecule has 1 heterocycles. The van der Waals surface area contributed by atoms with Crippen LogP contribution in [-0.4, -0.2) is 41.1 Å². The van der Waals surface area contributed by atoms with Crippen LogP contribution < -0.4 is 10.0 Å². The van der Waals surface area contributed by atoms with E-state index < -0.39 is 21.7 Å². The third kappa shape index (κ3) is 4.36. The van der Waals surface area contributed by atoms with Crippen molar-refractivity contribution in [1.82, 2.24) is 24.9 Å². The molecule has 3 aromatic rings. The van der Waals surface area contributed by atoms with Gasteiger partial charge in [0, 0.05) is 17.8 Å². The van der Waals surface area contributed by atoms with Gasteiger partial charge < -0.3 is 5.32 Å². The van der Waals surface area contributed by atoms with E-state index in [9.17, 15) is 17.6 Å². The molecule has 1 aliphatic carbocycles. The van der Waals surface area contributed by atoms with Crippen LogP contribution in [0, 0.1) is 18.7 Å². The van der Waals surface area contributed by atoms with Crippen molar-refractivity contribution < 1.29 is 17.6 Å². The molecule has 0 saturated heterocycles. The number of tetrazole rings is 1. The van der Waals surface area contributed by atoms with Gasteiger partial charge in [0.1, 0.15) is 11.5 Å². The zero-order valence-electron chi connectivity index (χ0n) is 16.0. The third-order valence-electron chi connectivity index (χ3n) is 4.72. The van der Waals surface area contributed by atoms with Crippen LogP contribution in [0.3, 0.4) is 0 Å². The van der Waals surface area contributed by atoms with E-state index in [4.69, 9.17) is 0 Å². The predicted molar refractivity (Wildman–Crippen MR) is 106 cm³/mol. The van der Waals surface area contributed by atoms with Crippen molar-refractivity contribution in [2.45, 2.75) is 24.7 Å². The zero-order chi connectivity index (χ0) is 21.3. The summed E-state index contributed by atoms with van der Waals surface area (Å²) in [7, 11) is -3.70. The Hall–Kier alpha value is -3.18. The summed E-state index contributed by atoms with van der Waals surface area (Å²) in [4.78, 5) is 12.7. The van der Waals surface area contributed by atoms with E-state index in [1.165, 1.54) is 47.1 Å². The molecule has 0 atom stereocenters. The van der Waals surface area contributed by atoms with Gasteiger partial charge in [-0.1, -0.05) is 6.07 Å². The lowest BCUT2D eigenvalue weighted by atomic mass is 10.2. The first-order valence-corrected chi connectivity index (χ1v) is 10.8. The zero-order valence-corrected chi connectivity index (χ0v) is 16.9. The number of carbonyl (C=O) groups is 1. The molecular formula is C19H19FN6O3S. The first kappa shape index (κ1) is 20.1. The average Bonchev–Trinajstić information content (AvgIpc) is 3.47. The molecule has 30 heavy (non-hydrogen) atoms. The molecule has 2 aromatic carbocycles. The Morgan fingerprint density at radius 2 is 2.03 bits per heavy atom. The molecule has 1 amide bonds. The van der Waals surface area contributed by atoms with E-state index in [1.54, 1.807) is 6.92 Å². The number of nitrogens with zero attached hydrogens (tertiary/aromatic N) is 4. The van der Waals surface area contributed by atoms with Crippen LogP contribution in [0.2, 0.25) is 0 Å². The number of benzene rings is 2. The van der Waals surface area contributed by atoms with Crippen LogP contribution in [0.25, 0.3) is 5.69 Å². The second-order valence-corrected chi connectivity index (χ2v) is 8.85. The standard InChI is InChI=1S/C19H19FN6O3S/c1-12-23-24-25-26(12)18-10-15(7-8-17(18)20)22-19(27)14-3-2-4-16(9-14)30(28,29)21-11-13-5-6-13/h2-4,7-10,13,21H,5-6,11H2,1H3,(H,22,27). The topological polar surface area (TPSA) is 119 Å². The minimum absolute atomic E-state index is 0.0138. The number of hydrogen-bond acceptors (Lipinski definition) is 6. The number of anilines is 1. The summed E-state index contributed by atoms with van der Waals surface area (Å²) in [5.41, 5.74) is 0.552. The molecule has 0 aliphatic heterocycles. The first-order chi connectivity index (χ1) is 14.3. The van der Waals surface area contributed by atoms with Crippen molar-refractivity contribution in [2.24, 2.45) is 5.92 Å². The van der Waals surface area contributed by atoms with Gasteiger partial charge in [-0.2, -0.15) is 4.68 Å². The van der Waals surface area contributed by atoms with Crippen LogP contribution in [0.1, 0.15) is 29.0 Å². The lowest BCUT2D eigenvalue weighted by Gasteiger charge is -2.10.